The Kier molecular flexibility index (Phi) is 11.0. The van der Waals surface area contributed by atoms with Crippen LogP contribution in [0.3, 0.4) is 0 Å². The third-order valence-corrected chi connectivity index (χ3v) is 5.14. The number of piperazine rings is 1. The molecule has 1 atom stereocenters. The molecule has 0 aliphatic carbocycles. The fourth-order valence-electron chi connectivity index (χ4n) is 3.64. The number of nitrogens with one attached hydrogen (secondary N) is 1. The Bertz CT molecular complexity index is 620. The highest BCUT2D eigenvalue weighted by Gasteiger charge is 2.21. The molecule has 1 unspecified atom stereocenters. The van der Waals surface area contributed by atoms with E-state index in [1.807, 2.05) is 12.1 Å². The summed E-state index contributed by atoms with van der Waals surface area (Å²) in [6.45, 7) is 9.16. The van der Waals surface area contributed by atoms with Crippen molar-refractivity contribution in [1.29, 1.82) is 0 Å². The van der Waals surface area contributed by atoms with Crippen molar-refractivity contribution in [3.8, 4) is 0 Å². The predicted molar refractivity (Wildman–Crippen MR) is 126 cm³/mol. The number of halogens is 2. The highest BCUT2D eigenvalue weighted by molar-refractivity contribution is 14.0. The second-order valence-corrected chi connectivity index (χ2v) is 7.22. The van der Waals surface area contributed by atoms with Gasteiger partial charge in [0.2, 0.25) is 0 Å². The van der Waals surface area contributed by atoms with Gasteiger partial charge in [-0.05, 0) is 38.3 Å². The maximum absolute atomic E-state index is 14.0. The van der Waals surface area contributed by atoms with Crippen LogP contribution in [0.1, 0.15) is 26.2 Å². The summed E-state index contributed by atoms with van der Waals surface area (Å²) in [5.74, 6) is 0.786. The van der Waals surface area contributed by atoms with Gasteiger partial charge in [0.25, 0.3) is 0 Å². The lowest BCUT2D eigenvalue weighted by Gasteiger charge is -2.37. The molecule has 1 N–H and O–H groups in total. The van der Waals surface area contributed by atoms with Crippen molar-refractivity contribution in [2.24, 2.45) is 4.99 Å². The zero-order valence-corrected chi connectivity index (χ0v) is 19.6. The molecule has 164 valence electrons. The number of benzene rings is 1. The third-order valence-electron chi connectivity index (χ3n) is 5.14. The average Bonchev–Trinajstić information content (AvgIpc) is 3.24. The molecule has 0 radical (unpaired) electrons. The van der Waals surface area contributed by atoms with Crippen molar-refractivity contribution in [3.63, 3.8) is 0 Å². The van der Waals surface area contributed by atoms with E-state index in [1.165, 1.54) is 6.07 Å². The number of hydrogen-bond donors (Lipinski definition) is 1. The SMILES string of the molecule is CCNC(=NCCCOCC1CCCO1)N1CCN(c2ccccc2F)CC1.I. The van der Waals surface area contributed by atoms with Gasteiger partial charge < -0.3 is 24.6 Å². The number of para-hydroxylation sites is 1. The van der Waals surface area contributed by atoms with E-state index in [1.54, 1.807) is 6.07 Å². The van der Waals surface area contributed by atoms with Gasteiger partial charge in [-0.1, -0.05) is 12.1 Å². The van der Waals surface area contributed by atoms with Gasteiger partial charge in [-0.15, -0.1) is 24.0 Å². The molecule has 3 rings (SSSR count). The van der Waals surface area contributed by atoms with Crippen molar-refractivity contribution < 1.29 is 13.9 Å². The second kappa shape index (κ2) is 13.2. The molecule has 2 saturated heterocycles. The van der Waals surface area contributed by atoms with Crippen LogP contribution in [-0.2, 0) is 9.47 Å². The maximum Gasteiger partial charge on any atom is 0.194 e. The number of hydrogen-bond acceptors (Lipinski definition) is 4. The number of guanidine groups is 1. The molecule has 2 fully saturated rings. The minimum atomic E-state index is -0.153. The Hall–Kier alpha value is -1.13. The molecule has 0 saturated carbocycles. The van der Waals surface area contributed by atoms with Gasteiger partial charge in [-0.3, -0.25) is 4.99 Å². The Labute approximate surface area is 190 Å². The van der Waals surface area contributed by atoms with Gasteiger partial charge in [-0.2, -0.15) is 0 Å². The summed E-state index contributed by atoms with van der Waals surface area (Å²) < 4.78 is 25.3. The molecule has 0 bridgehead atoms. The van der Waals surface area contributed by atoms with Crippen LogP contribution < -0.4 is 10.2 Å². The number of ether oxygens (including phenoxy) is 2. The zero-order chi connectivity index (χ0) is 19.6. The van der Waals surface area contributed by atoms with Crippen LogP contribution >= 0.6 is 24.0 Å². The van der Waals surface area contributed by atoms with Crippen LogP contribution in [0, 0.1) is 5.82 Å². The Morgan fingerprint density at radius 2 is 2.07 bits per heavy atom. The summed E-state index contributed by atoms with van der Waals surface area (Å²) in [4.78, 5) is 9.11. The molecule has 8 heteroatoms. The molecule has 29 heavy (non-hydrogen) atoms. The van der Waals surface area contributed by atoms with E-state index in [0.29, 0.717) is 18.9 Å². The standard InChI is InChI=1S/C21H33FN4O2.HI/c1-2-23-21(24-10-6-15-27-17-18-7-5-16-28-18)26-13-11-25(12-14-26)20-9-4-3-8-19(20)22;/h3-4,8-9,18H,2,5-7,10-17H2,1H3,(H,23,24);1H. The number of anilines is 1. The lowest BCUT2D eigenvalue weighted by Crippen LogP contribution is -2.52. The van der Waals surface area contributed by atoms with Crippen molar-refractivity contribution in [2.75, 3.05) is 64.0 Å². The van der Waals surface area contributed by atoms with Crippen LogP contribution in [0.25, 0.3) is 0 Å². The first-order chi connectivity index (χ1) is 13.8. The molecule has 0 amide bonds. The first-order valence-electron chi connectivity index (χ1n) is 10.5. The average molecular weight is 520 g/mol. The molecule has 1 aromatic rings. The largest absolute Gasteiger partial charge is 0.379 e. The van der Waals surface area contributed by atoms with Crippen LogP contribution in [0.4, 0.5) is 10.1 Å². The van der Waals surface area contributed by atoms with Gasteiger partial charge in [0.1, 0.15) is 5.82 Å². The summed E-state index contributed by atoms with van der Waals surface area (Å²) in [6, 6.07) is 6.99. The normalized spacial score (nSPS) is 19.9. The first-order valence-corrected chi connectivity index (χ1v) is 10.5. The minimum absolute atomic E-state index is 0. The number of nitrogens with zero attached hydrogens (tertiary/aromatic N) is 3. The summed E-state index contributed by atoms with van der Waals surface area (Å²) in [7, 11) is 0. The van der Waals surface area contributed by atoms with Gasteiger partial charge in [0, 0.05) is 52.5 Å². The maximum atomic E-state index is 14.0. The van der Waals surface area contributed by atoms with Crippen LogP contribution in [-0.4, -0.2) is 76.1 Å². The molecule has 6 nitrogen and oxygen atoms in total. The van der Waals surface area contributed by atoms with Gasteiger partial charge in [-0.25, -0.2) is 4.39 Å². The first kappa shape index (κ1) is 24.1. The van der Waals surface area contributed by atoms with Crippen LogP contribution in [0.15, 0.2) is 29.3 Å². The second-order valence-electron chi connectivity index (χ2n) is 7.22. The van der Waals surface area contributed by atoms with E-state index in [2.05, 4.69) is 22.0 Å². The Balaban J connectivity index is 0.00000300. The lowest BCUT2D eigenvalue weighted by molar-refractivity contribution is 0.0170. The molecule has 2 aliphatic heterocycles. The molecule has 0 spiro atoms. The van der Waals surface area contributed by atoms with E-state index in [9.17, 15) is 4.39 Å². The topological polar surface area (TPSA) is 49.3 Å². The number of rotatable bonds is 8. The zero-order valence-electron chi connectivity index (χ0n) is 17.3. The Morgan fingerprint density at radius 1 is 1.28 bits per heavy atom. The van der Waals surface area contributed by atoms with E-state index in [4.69, 9.17) is 14.5 Å². The van der Waals surface area contributed by atoms with Gasteiger partial charge in [0.15, 0.2) is 5.96 Å². The van der Waals surface area contributed by atoms with E-state index < -0.39 is 0 Å². The van der Waals surface area contributed by atoms with Gasteiger partial charge in [0.05, 0.1) is 18.4 Å². The van der Waals surface area contributed by atoms with Crippen molar-refractivity contribution >= 4 is 35.6 Å². The highest BCUT2D eigenvalue weighted by atomic mass is 127. The monoisotopic (exact) mass is 520 g/mol. The minimum Gasteiger partial charge on any atom is -0.379 e. The molecular formula is C21H34FIN4O2. The fraction of sp³-hybridized carbons (Fsp3) is 0.667. The summed E-state index contributed by atoms with van der Waals surface area (Å²) in [5.41, 5.74) is 0.687. The molecule has 0 aromatic heterocycles. The fourth-order valence-corrected chi connectivity index (χ4v) is 3.64. The summed E-state index contributed by atoms with van der Waals surface area (Å²) in [5, 5.41) is 3.38. The predicted octanol–water partition coefficient (Wildman–Crippen LogP) is 3.12. The van der Waals surface area contributed by atoms with Crippen molar-refractivity contribution in [2.45, 2.75) is 32.3 Å². The number of aliphatic imine (C=N–C) groups is 1. The quantitative estimate of drug-likeness (QED) is 0.247. The molecule has 1 aromatic carbocycles. The van der Waals surface area contributed by atoms with Crippen LogP contribution in [0.2, 0.25) is 0 Å². The highest BCUT2D eigenvalue weighted by Crippen LogP contribution is 2.20. The summed E-state index contributed by atoms with van der Waals surface area (Å²) >= 11 is 0. The molecule has 2 heterocycles. The van der Waals surface area contributed by atoms with Crippen molar-refractivity contribution in [3.05, 3.63) is 30.1 Å². The third kappa shape index (κ3) is 7.57. The molecular weight excluding hydrogens is 486 g/mol. The Morgan fingerprint density at radius 3 is 2.76 bits per heavy atom. The van der Waals surface area contributed by atoms with Gasteiger partial charge >= 0.3 is 0 Å². The molecule has 2 aliphatic rings. The van der Waals surface area contributed by atoms with E-state index in [-0.39, 0.29) is 35.9 Å². The van der Waals surface area contributed by atoms with Crippen molar-refractivity contribution in [1.82, 2.24) is 10.2 Å². The summed E-state index contributed by atoms with van der Waals surface area (Å²) in [6.07, 6.45) is 3.44. The van der Waals surface area contributed by atoms with E-state index in [0.717, 1.165) is 71.1 Å². The smallest absolute Gasteiger partial charge is 0.194 e. The lowest BCUT2D eigenvalue weighted by atomic mass is 10.2. The van der Waals surface area contributed by atoms with E-state index >= 15 is 0 Å². The van der Waals surface area contributed by atoms with Crippen LogP contribution in [0.5, 0.6) is 0 Å².